The van der Waals surface area contributed by atoms with Crippen molar-refractivity contribution in [2.45, 2.75) is 26.4 Å². The van der Waals surface area contributed by atoms with Crippen LogP contribution < -0.4 is 4.43 Å². The maximum absolute atomic E-state index is 5.86. The molecule has 0 unspecified atom stereocenters. The van der Waals surface area contributed by atoms with Crippen molar-refractivity contribution in [1.29, 1.82) is 0 Å². The molecule has 0 fully saturated rings. The molecule has 0 saturated carbocycles. The molecule has 5 heteroatoms. The zero-order valence-electron chi connectivity index (χ0n) is 13.0. The summed E-state index contributed by atoms with van der Waals surface area (Å²) in [5.74, 6) is 0.852. The molecule has 0 N–H and O–H groups in total. The van der Waals surface area contributed by atoms with Crippen LogP contribution in [0.15, 0.2) is 41.8 Å². The van der Waals surface area contributed by atoms with E-state index >= 15 is 0 Å². The van der Waals surface area contributed by atoms with Gasteiger partial charge in [-0.25, -0.2) is 0 Å². The van der Waals surface area contributed by atoms with Gasteiger partial charge >= 0.3 is 1.43 Å². The maximum atomic E-state index is 5.86. The summed E-state index contributed by atoms with van der Waals surface area (Å²) >= 11 is 0. The summed E-state index contributed by atoms with van der Waals surface area (Å²) in [6.45, 7) is 6.27. The van der Waals surface area contributed by atoms with Crippen LogP contribution in [0.1, 0.15) is 12.7 Å². The van der Waals surface area contributed by atoms with Crippen LogP contribution in [0, 0.1) is 6.92 Å². The van der Waals surface area contributed by atoms with Gasteiger partial charge in [0.25, 0.3) is 9.04 Å². The molecule has 2 rings (SSSR count). The molecule has 4 nitrogen and oxygen atoms in total. The smallest absolute Gasteiger partial charge is 0.541 e. The van der Waals surface area contributed by atoms with Gasteiger partial charge in [-0.05, 0) is 37.7 Å². The van der Waals surface area contributed by atoms with Crippen molar-refractivity contribution in [3.63, 3.8) is 0 Å². The zero-order chi connectivity index (χ0) is 14.4. The summed E-state index contributed by atoms with van der Waals surface area (Å²) in [5.41, 5.74) is 2.95. The summed E-state index contributed by atoms with van der Waals surface area (Å²) < 4.78 is 5.86. The van der Waals surface area contributed by atoms with Crippen molar-refractivity contribution < 1.29 is 5.85 Å². The van der Waals surface area contributed by atoms with E-state index in [1.165, 1.54) is 5.56 Å². The Hall–Kier alpha value is -2.01. The molecule has 1 aromatic heterocycles. The monoisotopic (exact) mass is 285 g/mol. The van der Waals surface area contributed by atoms with Gasteiger partial charge in [0, 0.05) is 31.2 Å². The summed E-state index contributed by atoms with van der Waals surface area (Å²) in [7, 11) is -0.794. The second-order valence-electron chi connectivity index (χ2n) is 4.69. The number of aliphatic imine (C=N–C) groups is 1. The Labute approximate surface area is 122 Å². The Bertz CT molecular complexity index is 591. The number of benzene rings is 1. The lowest BCUT2D eigenvalue weighted by Gasteiger charge is -2.11. The van der Waals surface area contributed by atoms with Crippen LogP contribution in [-0.2, 0) is 6.42 Å². The first-order chi connectivity index (χ1) is 9.65. The topological polar surface area (TPSA) is 47.4 Å². The average molecular weight is 285 g/mol. The summed E-state index contributed by atoms with van der Waals surface area (Å²) in [5, 5.41) is 0. The van der Waals surface area contributed by atoms with Gasteiger partial charge in [-0.3, -0.25) is 15.0 Å². The number of aryl methyl sites for hydroxylation is 1. The number of hydrogen-bond acceptors (Lipinski definition) is 4. The third kappa shape index (κ3) is 4.27. The van der Waals surface area contributed by atoms with Crippen molar-refractivity contribution in [2.24, 2.45) is 4.99 Å². The van der Waals surface area contributed by atoms with Gasteiger partial charge in [0.15, 0.2) is 0 Å². The molecule has 0 saturated heterocycles. The number of hydrogen-bond donors (Lipinski definition) is 0. The van der Waals surface area contributed by atoms with Crippen LogP contribution in [0.3, 0.4) is 0 Å². The van der Waals surface area contributed by atoms with Crippen molar-refractivity contribution in [3.05, 3.63) is 48.0 Å². The van der Waals surface area contributed by atoms with E-state index in [1.807, 2.05) is 24.4 Å². The lowest BCUT2D eigenvalue weighted by molar-refractivity contribution is 0.582. The summed E-state index contributed by atoms with van der Waals surface area (Å²) in [6, 6.07) is 6.07. The van der Waals surface area contributed by atoms with Gasteiger partial charge in [0.2, 0.25) is 0 Å². The molecular formula is C15H19N3OSi+. The fourth-order valence-corrected chi connectivity index (χ4v) is 2.32. The Kier molecular flexibility index (Phi) is 5.01. The molecule has 0 spiro atoms. The van der Waals surface area contributed by atoms with Gasteiger partial charge in [0.05, 0.1) is 5.69 Å². The first kappa shape index (κ1) is 14.4. The molecule has 1 aromatic carbocycles. The minimum atomic E-state index is -0.794. The van der Waals surface area contributed by atoms with Crippen LogP contribution >= 0.6 is 0 Å². The summed E-state index contributed by atoms with van der Waals surface area (Å²) in [6.07, 6.45) is 7.62. The van der Waals surface area contributed by atoms with Gasteiger partial charge in [-0.15, -0.1) is 0 Å². The second-order valence-corrected chi connectivity index (χ2v) is 6.71. The molecule has 2 aromatic rings. The van der Waals surface area contributed by atoms with Gasteiger partial charge in [-0.2, -0.15) is 0 Å². The lowest BCUT2D eigenvalue weighted by Crippen LogP contribution is -2.11. The first-order valence-corrected chi connectivity index (χ1v) is 8.92. The van der Waals surface area contributed by atoms with Gasteiger partial charge < -0.3 is 4.43 Å². The highest BCUT2D eigenvalue weighted by Crippen LogP contribution is 2.28. The van der Waals surface area contributed by atoms with Crippen LogP contribution in [0.25, 0.3) is 0 Å². The summed E-state index contributed by atoms with van der Waals surface area (Å²) in [4.78, 5) is 12.8. The van der Waals surface area contributed by atoms with E-state index in [9.17, 15) is 0 Å². The molecule has 0 atom stereocenters. The number of nitrogens with zero attached hydrogens (tertiary/aromatic N) is 3. The standard InChI is InChI=1S/C15H18N3OSi/c1-12-4-5-15(19-20(2)3)14(10-12)18-7-6-13-11-16-8-9-17-13/h4-5,7-11H,6H2,1-3H3/p+1. The normalized spacial score (nSPS) is 11.2. The Morgan fingerprint density at radius 3 is 2.90 bits per heavy atom. The quantitative estimate of drug-likeness (QED) is 0.624. The van der Waals surface area contributed by atoms with Crippen LogP contribution in [0.4, 0.5) is 5.69 Å². The lowest BCUT2D eigenvalue weighted by atomic mass is 10.2. The second kappa shape index (κ2) is 6.95. The number of aromatic nitrogens is 2. The fourth-order valence-electron chi connectivity index (χ4n) is 1.71. The molecule has 0 amide bonds. The Morgan fingerprint density at radius 2 is 2.20 bits per heavy atom. The molecule has 1 heterocycles. The maximum Gasteiger partial charge on any atom is 1.00 e. The first-order valence-electron chi connectivity index (χ1n) is 6.51. The van der Waals surface area contributed by atoms with E-state index in [0.717, 1.165) is 17.1 Å². The van der Waals surface area contributed by atoms with E-state index in [1.54, 1.807) is 18.6 Å². The highest BCUT2D eigenvalue weighted by atomic mass is 28.3. The number of rotatable bonds is 5. The van der Waals surface area contributed by atoms with E-state index in [-0.39, 0.29) is 1.43 Å². The van der Waals surface area contributed by atoms with Crippen molar-refractivity contribution in [2.75, 3.05) is 0 Å². The highest BCUT2D eigenvalue weighted by Gasteiger charge is 2.06. The molecule has 0 aliphatic heterocycles. The Morgan fingerprint density at radius 1 is 1.35 bits per heavy atom. The fraction of sp³-hybridized carbons (Fsp3) is 0.267. The molecular weight excluding hydrogens is 266 g/mol. The van der Waals surface area contributed by atoms with E-state index in [2.05, 4.69) is 35.0 Å². The SMILES string of the molecule is Cc1ccc(O[Si](C)C)c(N=CCc2cnccn2)c1.[H+]. The van der Waals surface area contributed by atoms with Gasteiger partial charge in [-0.1, -0.05) is 6.07 Å². The molecule has 0 bridgehead atoms. The molecule has 1 radical (unpaired) electrons. The van der Waals surface area contributed by atoms with Crippen LogP contribution in [0.5, 0.6) is 5.75 Å². The van der Waals surface area contributed by atoms with E-state index < -0.39 is 9.04 Å². The highest BCUT2D eigenvalue weighted by molar-refractivity contribution is 6.49. The molecule has 0 aliphatic carbocycles. The predicted octanol–water partition coefficient (Wildman–Crippen LogP) is 3.47. The molecule has 103 valence electrons. The Balaban J connectivity index is 0.00000220. The minimum absolute atomic E-state index is 0. The molecule has 0 aliphatic rings. The average Bonchev–Trinajstić information content (AvgIpc) is 2.42. The van der Waals surface area contributed by atoms with Crippen LogP contribution in [0.2, 0.25) is 13.1 Å². The third-order valence-electron chi connectivity index (χ3n) is 2.58. The van der Waals surface area contributed by atoms with Crippen molar-refractivity contribution in [1.82, 2.24) is 9.97 Å². The minimum Gasteiger partial charge on any atom is -0.541 e. The van der Waals surface area contributed by atoms with E-state index in [4.69, 9.17) is 4.43 Å². The van der Waals surface area contributed by atoms with Gasteiger partial charge in [0.1, 0.15) is 11.4 Å². The predicted molar refractivity (Wildman–Crippen MR) is 84.3 cm³/mol. The molecule has 20 heavy (non-hydrogen) atoms. The van der Waals surface area contributed by atoms with E-state index in [0.29, 0.717) is 6.42 Å². The zero-order valence-corrected chi connectivity index (χ0v) is 13.0. The third-order valence-corrected chi connectivity index (χ3v) is 3.20. The largest absolute Gasteiger partial charge is 1.00 e. The van der Waals surface area contributed by atoms with Crippen molar-refractivity contribution in [3.8, 4) is 5.75 Å². The van der Waals surface area contributed by atoms with Crippen LogP contribution in [-0.4, -0.2) is 25.2 Å². The van der Waals surface area contributed by atoms with Crippen molar-refractivity contribution >= 4 is 20.9 Å².